The van der Waals surface area contributed by atoms with Gasteiger partial charge in [0.2, 0.25) is 15.9 Å². The maximum absolute atomic E-state index is 12.0. The Labute approximate surface area is 143 Å². The number of carbonyl (C=O) groups excluding carboxylic acids is 1. The van der Waals surface area contributed by atoms with Crippen molar-refractivity contribution in [1.82, 2.24) is 10.2 Å². The number of rotatable bonds is 9. The molecule has 24 heavy (non-hydrogen) atoms. The van der Waals surface area contributed by atoms with Crippen LogP contribution in [0.5, 0.6) is 0 Å². The lowest BCUT2D eigenvalue weighted by Gasteiger charge is -2.22. The molecule has 0 atom stereocenters. The summed E-state index contributed by atoms with van der Waals surface area (Å²) in [5.74, 6) is -0.184. The van der Waals surface area contributed by atoms with Crippen LogP contribution in [0.15, 0.2) is 24.3 Å². The molecule has 0 radical (unpaired) electrons. The maximum atomic E-state index is 12.0. The Morgan fingerprint density at radius 1 is 1.21 bits per heavy atom. The van der Waals surface area contributed by atoms with E-state index >= 15 is 0 Å². The average molecular weight is 352 g/mol. The molecule has 8 heteroatoms. The van der Waals surface area contributed by atoms with E-state index in [1.54, 1.807) is 24.3 Å². The van der Waals surface area contributed by atoms with Crippen molar-refractivity contribution in [2.75, 3.05) is 44.3 Å². The summed E-state index contributed by atoms with van der Waals surface area (Å²) in [6.07, 6.45) is 2.01. The number of nitriles is 1. The minimum absolute atomic E-state index is 0.0598. The topological polar surface area (TPSA) is 93.5 Å². The molecule has 1 aromatic rings. The van der Waals surface area contributed by atoms with Crippen molar-refractivity contribution >= 4 is 21.6 Å². The summed E-state index contributed by atoms with van der Waals surface area (Å²) < 4.78 is 25.1. The van der Waals surface area contributed by atoms with Crippen molar-refractivity contribution in [2.24, 2.45) is 0 Å². The predicted molar refractivity (Wildman–Crippen MR) is 94.1 cm³/mol. The number of carbonyl (C=O) groups is 1. The zero-order valence-corrected chi connectivity index (χ0v) is 15.1. The highest BCUT2D eigenvalue weighted by Gasteiger charge is 2.18. The first-order chi connectivity index (χ1) is 11.2. The van der Waals surface area contributed by atoms with Gasteiger partial charge in [-0.2, -0.15) is 5.26 Å². The van der Waals surface area contributed by atoms with E-state index in [-0.39, 0.29) is 18.9 Å². The van der Waals surface area contributed by atoms with E-state index in [1.807, 2.05) is 25.1 Å². The molecule has 0 fully saturated rings. The second-order valence-electron chi connectivity index (χ2n) is 5.75. The molecule has 1 amide bonds. The molecule has 132 valence electrons. The molecule has 0 aliphatic carbocycles. The Bertz CT molecular complexity index is 678. The van der Waals surface area contributed by atoms with Crippen LogP contribution in [-0.2, 0) is 14.8 Å². The molecule has 0 aliphatic rings. The van der Waals surface area contributed by atoms with Crippen molar-refractivity contribution in [2.45, 2.75) is 12.8 Å². The van der Waals surface area contributed by atoms with Crippen LogP contribution < -0.4 is 9.62 Å². The van der Waals surface area contributed by atoms with E-state index in [2.05, 4.69) is 5.32 Å². The molecule has 0 spiro atoms. The molecule has 0 saturated carbocycles. The van der Waals surface area contributed by atoms with Crippen molar-refractivity contribution < 1.29 is 13.2 Å². The molecular formula is C16H24N4O3S. The Balaban J connectivity index is 2.61. The summed E-state index contributed by atoms with van der Waals surface area (Å²) >= 11 is 0. The van der Waals surface area contributed by atoms with Crippen LogP contribution in [-0.4, -0.2) is 59.2 Å². The first-order valence-corrected chi connectivity index (χ1v) is 9.48. The van der Waals surface area contributed by atoms with Gasteiger partial charge in [-0.3, -0.25) is 9.10 Å². The van der Waals surface area contributed by atoms with E-state index in [9.17, 15) is 13.2 Å². The van der Waals surface area contributed by atoms with Crippen LogP contribution in [0.4, 0.5) is 5.69 Å². The quantitative estimate of drug-likeness (QED) is 0.663. The van der Waals surface area contributed by atoms with Crippen molar-refractivity contribution in [3.8, 4) is 6.07 Å². The lowest BCUT2D eigenvalue weighted by molar-refractivity contribution is -0.120. The van der Waals surface area contributed by atoms with Gasteiger partial charge >= 0.3 is 0 Å². The monoisotopic (exact) mass is 352 g/mol. The lowest BCUT2D eigenvalue weighted by atomic mass is 10.2. The predicted octanol–water partition coefficient (Wildman–Crippen LogP) is 0.782. The minimum atomic E-state index is -3.51. The molecular weight excluding hydrogens is 328 g/mol. The molecule has 1 aromatic carbocycles. The van der Waals surface area contributed by atoms with E-state index in [4.69, 9.17) is 5.26 Å². The molecule has 0 bridgehead atoms. The second kappa shape index (κ2) is 9.25. The number of nitrogens with one attached hydrogen (secondary N) is 1. The Morgan fingerprint density at radius 3 is 2.33 bits per heavy atom. The standard InChI is InChI=1S/C16H24N4O3S/c1-19(2)11-4-10-18-16(21)9-12-20(24(3,22)23)15-7-5-14(13-17)6-8-15/h5-8H,4,9-12H2,1-3H3,(H,18,21). The summed E-state index contributed by atoms with van der Waals surface area (Å²) in [6.45, 7) is 1.50. The van der Waals surface area contributed by atoms with Gasteiger partial charge in [-0.05, 0) is 51.3 Å². The van der Waals surface area contributed by atoms with Gasteiger partial charge in [0.25, 0.3) is 0 Å². The molecule has 0 unspecified atom stereocenters. The number of sulfonamides is 1. The Kier molecular flexibility index (Phi) is 7.68. The summed E-state index contributed by atoms with van der Waals surface area (Å²) in [6, 6.07) is 8.21. The summed E-state index contributed by atoms with van der Waals surface area (Å²) in [5.41, 5.74) is 0.891. The third-order valence-corrected chi connectivity index (χ3v) is 4.53. The van der Waals surface area contributed by atoms with Gasteiger partial charge in [0.1, 0.15) is 0 Å². The number of benzene rings is 1. The highest BCUT2D eigenvalue weighted by Crippen LogP contribution is 2.18. The van der Waals surface area contributed by atoms with E-state index in [0.717, 1.165) is 19.2 Å². The van der Waals surface area contributed by atoms with Crippen molar-refractivity contribution in [1.29, 1.82) is 5.26 Å². The molecule has 7 nitrogen and oxygen atoms in total. The van der Waals surface area contributed by atoms with Gasteiger partial charge in [0.05, 0.1) is 23.6 Å². The largest absolute Gasteiger partial charge is 0.356 e. The number of amides is 1. The van der Waals surface area contributed by atoms with Gasteiger partial charge in [-0.1, -0.05) is 0 Å². The van der Waals surface area contributed by atoms with Crippen LogP contribution in [0, 0.1) is 11.3 Å². The average Bonchev–Trinajstić information content (AvgIpc) is 2.51. The fourth-order valence-corrected chi connectivity index (χ4v) is 3.03. The van der Waals surface area contributed by atoms with Crippen LogP contribution >= 0.6 is 0 Å². The fourth-order valence-electron chi connectivity index (χ4n) is 2.10. The number of hydrogen-bond donors (Lipinski definition) is 1. The second-order valence-corrected chi connectivity index (χ2v) is 7.66. The van der Waals surface area contributed by atoms with Crippen molar-refractivity contribution in [3.63, 3.8) is 0 Å². The molecule has 0 aromatic heterocycles. The van der Waals surface area contributed by atoms with E-state index in [0.29, 0.717) is 17.8 Å². The minimum Gasteiger partial charge on any atom is -0.356 e. The molecule has 0 heterocycles. The van der Waals surface area contributed by atoms with Crippen molar-refractivity contribution in [3.05, 3.63) is 29.8 Å². The molecule has 0 saturated heterocycles. The van der Waals surface area contributed by atoms with Crippen LogP contribution in [0.3, 0.4) is 0 Å². The van der Waals surface area contributed by atoms with Crippen LogP contribution in [0.2, 0.25) is 0 Å². The zero-order chi connectivity index (χ0) is 18.2. The Morgan fingerprint density at radius 2 is 1.83 bits per heavy atom. The van der Waals surface area contributed by atoms with E-state index in [1.165, 1.54) is 4.31 Å². The first kappa shape index (κ1) is 19.9. The van der Waals surface area contributed by atoms with Gasteiger partial charge in [-0.15, -0.1) is 0 Å². The molecule has 1 N–H and O–H groups in total. The van der Waals surface area contributed by atoms with Crippen LogP contribution in [0.1, 0.15) is 18.4 Å². The lowest BCUT2D eigenvalue weighted by Crippen LogP contribution is -2.35. The van der Waals surface area contributed by atoms with Gasteiger partial charge in [0.15, 0.2) is 0 Å². The number of hydrogen-bond acceptors (Lipinski definition) is 5. The fraction of sp³-hybridized carbons (Fsp3) is 0.500. The number of nitrogens with zero attached hydrogens (tertiary/aromatic N) is 3. The SMILES string of the molecule is CN(C)CCCNC(=O)CCN(c1ccc(C#N)cc1)S(C)(=O)=O. The highest BCUT2D eigenvalue weighted by atomic mass is 32.2. The highest BCUT2D eigenvalue weighted by molar-refractivity contribution is 7.92. The number of anilines is 1. The third kappa shape index (κ3) is 6.98. The first-order valence-electron chi connectivity index (χ1n) is 7.63. The normalized spacial score (nSPS) is 11.1. The summed E-state index contributed by atoms with van der Waals surface area (Å²) in [7, 11) is 0.418. The van der Waals surface area contributed by atoms with Crippen LogP contribution in [0.25, 0.3) is 0 Å². The summed E-state index contributed by atoms with van der Waals surface area (Å²) in [5, 5.41) is 11.6. The smallest absolute Gasteiger partial charge is 0.232 e. The third-order valence-electron chi connectivity index (χ3n) is 3.33. The zero-order valence-electron chi connectivity index (χ0n) is 14.3. The summed E-state index contributed by atoms with van der Waals surface area (Å²) in [4.78, 5) is 13.9. The molecule has 1 rings (SSSR count). The maximum Gasteiger partial charge on any atom is 0.232 e. The van der Waals surface area contributed by atoms with E-state index < -0.39 is 10.0 Å². The van der Waals surface area contributed by atoms with Gasteiger partial charge in [0, 0.05) is 19.5 Å². The Hall–Kier alpha value is -2.11. The van der Waals surface area contributed by atoms with Gasteiger partial charge in [-0.25, -0.2) is 8.42 Å². The van der Waals surface area contributed by atoms with Gasteiger partial charge < -0.3 is 10.2 Å². The molecule has 0 aliphatic heterocycles.